The SMILES string of the molecule is CCCCCCCCCCCCCCCCC(=O)OC[C@@H](COC(=O)CCCCCCCCCCCCC(C)C)OC(=O)CCCCCCCCCCCC. The molecule has 0 unspecified atom stereocenters. The van der Waals surface area contributed by atoms with E-state index >= 15 is 0 Å². The van der Waals surface area contributed by atoms with Gasteiger partial charge in [0, 0.05) is 19.3 Å². The summed E-state index contributed by atoms with van der Waals surface area (Å²) < 4.78 is 16.7. The summed E-state index contributed by atoms with van der Waals surface area (Å²) in [6.07, 6.45) is 43.7. The molecule has 0 bridgehead atoms. The maximum absolute atomic E-state index is 12.7. The number of carbonyl (C=O) groups excluding carboxylic acids is 3. The number of ether oxygens (including phenoxy) is 3. The third-order valence-electron chi connectivity index (χ3n) is 11.0. The molecule has 55 heavy (non-hydrogen) atoms. The lowest BCUT2D eigenvalue weighted by Crippen LogP contribution is -2.30. The van der Waals surface area contributed by atoms with Crippen molar-refractivity contribution in [3.05, 3.63) is 0 Å². The van der Waals surface area contributed by atoms with Crippen LogP contribution >= 0.6 is 0 Å². The predicted molar refractivity (Wildman–Crippen MR) is 233 cm³/mol. The molecule has 0 aromatic rings. The van der Waals surface area contributed by atoms with Gasteiger partial charge in [-0.1, -0.05) is 233 Å². The Hall–Kier alpha value is -1.59. The van der Waals surface area contributed by atoms with Gasteiger partial charge in [-0.3, -0.25) is 14.4 Å². The van der Waals surface area contributed by atoms with Crippen molar-refractivity contribution >= 4 is 17.9 Å². The molecule has 1 atom stereocenters. The van der Waals surface area contributed by atoms with Gasteiger partial charge in [0.15, 0.2) is 6.10 Å². The molecule has 0 saturated heterocycles. The molecule has 326 valence electrons. The second-order valence-electron chi connectivity index (χ2n) is 17.2. The minimum absolute atomic E-state index is 0.0633. The molecule has 0 aliphatic carbocycles. The largest absolute Gasteiger partial charge is 0.462 e. The lowest BCUT2D eigenvalue weighted by molar-refractivity contribution is -0.167. The molecule has 0 N–H and O–H groups in total. The van der Waals surface area contributed by atoms with Gasteiger partial charge in [0.2, 0.25) is 0 Å². The predicted octanol–water partition coefficient (Wildman–Crippen LogP) is 15.5. The first-order valence-corrected chi connectivity index (χ1v) is 24.4. The molecule has 0 aromatic heterocycles. The molecule has 0 aliphatic heterocycles. The van der Waals surface area contributed by atoms with Crippen LogP contribution in [0.1, 0.15) is 272 Å². The minimum Gasteiger partial charge on any atom is -0.462 e. The monoisotopic (exact) mass is 779 g/mol. The molecule has 0 heterocycles. The van der Waals surface area contributed by atoms with Gasteiger partial charge in [-0.15, -0.1) is 0 Å². The molecule has 0 saturated carbocycles. The van der Waals surface area contributed by atoms with Crippen LogP contribution in [0.4, 0.5) is 0 Å². The van der Waals surface area contributed by atoms with Crippen LogP contribution in [0.25, 0.3) is 0 Å². The first kappa shape index (κ1) is 53.4. The fraction of sp³-hybridized carbons (Fsp3) is 0.939. The second-order valence-corrected chi connectivity index (χ2v) is 17.2. The van der Waals surface area contributed by atoms with Crippen molar-refractivity contribution in [3.63, 3.8) is 0 Å². The van der Waals surface area contributed by atoms with Crippen molar-refractivity contribution in [2.24, 2.45) is 5.92 Å². The summed E-state index contributed by atoms with van der Waals surface area (Å²) in [5.41, 5.74) is 0. The van der Waals surface area contributed by atoms with Crippen molar-refractivity contribution in [1.82, 2.24) is 0 Å². The van der Waals surface area contributed by atoms with E-state index in [0.29, 0.717) is 19.3 Å². The molecular weight excluding hydrogens is 685 g/mol. The zero-order valence-corrected chi connectivity index (χ0v) is 37.4. The first-order valence-electron chi connectivity index (χ1n) is 24.4. The quantitative estimate of drug-likeness (QED) is 0.0348. The van der Waals surface area contributed by atoms with Crippen LogP contribution < -0.4 is 0 Å². The van der Waals surface area contributed by atoms with Gasteiger partial charge in [-0.25, -0.2) is 0 Å². The smallest absolute Gasteiger partial charge is 0.306 e. The van der Waals surface area contributed by atoms with Crippen LogP contribution in [0.5, 0.6) is 0 Å². The Labute approximate surface area is 342 Å². The van der Waals surface area contributed by atoms with Crippen LogP contribution in [0.2, 0.25) is 0 Å². The van der Waals surface area contributed by atoms with Crippen molar-refractivity contribution in [3.8, 4) is 0 Å². The fourth-order valence-electron chi connectivity index (χ4n) is 7.33. The van der Waals surface area contributed by atoms with Crippen LogP contribution in [0, 0.1) is 5.92 Å². The molecule has 6 heteroatoms. The summed E-state index contributed by atoms with van der Waals surface area (Å²) in [7, 11) is 0. The van der Waals surface area contributed by atoms with Gasteiger partial charge < -0.3 is 14.2 Å². The second kappa shape index (κ2) is 43.5. The Kier molecular flexibility index (Phi) is 42.3. The summed E-state index contributed by atoms with van der Waals surface area (Å²) in [6.45, 7) is 8.99. The third kappa shape index (κ3) is 43.4. The van der Waals surface area contributed by atoms with Crippen LogP contribution in [0.15, 0.2) is 0 Å². The van der Waals surface area contributed by atoms with Crippen LogP contribution in [-0.2, 0) is 28.6 Å². The van der Waals surface area contributed by atoms with Crippen molar-refractivity contribution in [2.45, 2.75) is 278 Å². The standard InChI is InChI=1S/C49H94O6/c1-5-7-9-11-13-15-17-18-19-20-25-28-32-36-40-47(50)53-43-46(55-49(52)42-38-34-30-24-16-14-12-10-8-6-2)44-54-48(51)41-37-33-29-26-22-21-23-27-31-35-39-45(3)4/h45-46H,5-44H2,1-4H3/t46-/m0/s1. The number of hydrogen-bond donors (Lipinski definition) is 0. The summed E-state index contributed by atoms with van der Waals surface area (Å²) >= 11 is 0. The van der Waals surface area contributed by atoms with Crippen molar-refractivity contribution < 1.29 is 28.6 Å². The molecule has 0 aliphatic rings. The van der Waals surface area contributed by atoms with Crippen molar-refractivity contribution in [1.29, 1.82) is 0 Å². The van der Waals surface area contributed by atoms with E-state index in [4.69, 9.17) is 14.2 Å². The Balaban J connectivity index is 4.29. The average molecular weight is 779 g/mol. The summed E-state index contributed by atoms with van der Waals surface area (Å²) in [5, 5.41) is 0. The zero-order chi connectivity index (χ0) is 40.3. The fourth-order valence-corrected chi connectivity index (χ4v) is 7.33. The van der Waals surface area contributed by atoms with Crippen LogP contribution in [-0.4, -0.2) is 37.2 Å². The third-order valence-corrected chi connectivity index (χ3v) is 11.0. The van der Waals surface area contributed by atoms with Gasteiger partial charge in [0.1, 0.15) is 13.2 Å². The van der Waals surface area contributed by atoms with E-state index in [9.17, 15) is 14.4 Å². The number of unbranched alkanes of at least 4 members (excludes halogenated alkanes) is 31. The van der Waals surface area contributed by atoms with Crippen molar-refractivity contribution in [2.75, 3.05) is 13.2 Å². The summed E-state index contributed by atoms with van der Waals surface area (Å²) in [6, 6.07) is 0. The molecule has 0 rings (SSSR count). The number of hydrogen-bond acceptors (Lipinski definition) is 6. The van der Waals surface area contributed by atoms with E-state index in [1.807, 2.05) is 0 Å². The minimum atomic E-state index is -0.759. The topological polar surface area (TPSA) is 78.9 Å². The summed E-state index contributed by atoms with van der Waals surface area (Å²) in [5.74, 6) is -0.0318. The van der Waals surface area contributed by atoms with Gasteiger partial charge in [0.25, 0.3) is 0 Å². The average Bonchev–Trinajstić information content (AvgIpc) is 3.17. The van der Waals surface area contributed by atoms with E-state index in [1.54, 1.807) is 0 Å². The van der Waals surface area contributed by atoms with Gasteiger partial charge in [-0.05, 0) is 25.2 Å². The molecular formula is C49H94O6. The van der Waals surface area contributed by atoms with E-state index in [-0.39, 0.29) is 31.1 Å². The van der Waals surface area contributed by atoms with E-state index in [2.05, 4.69) is 27.7 Å². The van der Waals surface area contributed by atoms with E-state index in [0.717, 1.165) is 63.7 Å². The number of esters is 3. The molecule has 0 fully saturated rings. The molecule has 0 aromatic carbocycles. The highest BCUT2D eigenvalue weighted by Gasteiger charge is 2.19. The molecule has 6 nitrogen and oxygen atoms in total. The Morgan fingerprint density at radius 1 is 0.345 bits per heavy atom. The highest BCUT2D eigenvalue weighted by atomic mass is 16.6. The lowest BCUT2D eigenvalue weighted by Gasteiger charge is -2.18. The lowest BCUT2D eigenvalue weighted by atomic mass is 10.0. The maximum Gasteiger partial charge on any atom is 0.306 e. The molecule has 0 spiro atoms. The molecule has 0 amide bonds. The Morgan fingerprint density at radius 2 is 0.600 bits per heavy atom. The highest BCUT2D eigenvalue weighted by molar-refractivity contribution is 5.71. The zero-order valence-electron chi connectivity index (χ0n) is 37.4. The molecule has 0 radical (unpaired) electrons. The highest BCUT2D eigenvalue weighted by Crippen LogP contribution is 2.16. The first-order chi connectivity index (χ1) is 26.9. The van der Waals surface area contributed by atoms with Gasteiger partial charge >= 0.3 is 17.9 Å². The van der Waals surface area contributed by atoms with Crippen LogP contribution in [0.3, 0.4) is 0 Å². The normalized spacial score (nSPS) is 11.9. The maximum atomic E-state index is 12.7. The van der Waals surface area contributed by atoms with Gasteiger partial charge in [0.05, 0.1) is 0 Å². The van der Waals surface area contributed by atoms with Gasteiger partial charge in [-0.2, -0.15) is 0 Å². The van der Waals surface area contributed by atoms with E-state index < -0.39 is 6.10 Å². The van der Waals surface area contributed by atoms with E-state index in [1.165, 1.54) is 167 Å². The Bertz CT molecular complexity index is 826. The number of rotatable bonds is 44. The number of carbonyl (C=O) groups is 3. The summed E-state index contributed by atoms with van der Waals surface area (Å²) in [4.78, 5) is 37.8. The Morgan fingerprint density at radius 3 is 0.891 bits per heavy atom.